The Balaban J connectivity index is 1.58. The van der Waals surface area contributed by atoms with E-state index >= 15 is 0 Å². The zero-order valence-corrected chi connectivity index (χ0v) is 13.6. The van der Waals surface area contributed by atoms with Crippen molar-refractivity contribution < 1.29 is 9.90 Å². The van der Waals surface area contributed by atoms with Crippen LogP contribution < -0.4 is 0 Å². The Morgan fingerprint density at radius 1 is 1.23 bits per heavy atom. The third-order valence-electron chi connectivity index (χ3n) is 8.68. The average molecular weight is 298 g/mol. The van der Waals surface area contributed by atoms with Gasteiger partial charge in [0.15, 0.2) is 5.78 Å². The zero-order valence-electron chi connectivity index (χ0n) is 13.6. The molecule has 0 bridgehead atoms. The molecule has 1 N–H and O–H groups in total. The van der Waals surface area contributed by atoms with Crippen molar-refractivity contribution in [2.75, 3.05) is 0 Å². The summed E-state index contributed by atoms with van der Waals surface area (Å²) >= 11 is 0. The molecule has 7 atom stereocenters. The van der Waals surface area contributed by atoms with Crippen molar-refractivity contribution in [2.45, 2.75) is 58.5 Å². The van der Waals surface area contributed by atoms with Gasteiger partial charge in [-0.2, -0.15) is 0 Å². The number of carbonyl (C=O) groups excluding carboxylic acids is 1. The highest BCUT2D eigenvalue weighted by atomic mass is 16.3. The number of hydrogen-bond donors (Lipinski definition) is 1. The molecule has 2 nitrogen and oxygen atoms in total. The van der Waals surface area contributed by atoms with Crippen LogP contribution in [0, 0.1) is 34.0 Å². The first-order valence-corrected chi connectivity index (χ1v) is 9.04. The first kappa shape index (κ1) is 13.5. The lowest BCUT2D eigenvalue weighted by atomic mass is 9.46. The van der Waals surface area contributed by atoms with E-state index in [4.69, 9.17) is 0 Å². The van der Waals surface area contributed by atoms with Crippen molar-refractivity contribution in [1.29, 1.82) is 0 Å². The van der Waals surface area contributed by atoms with Crippen LogP contribution in [0.4, 0.5) is 0 Å². The third kappa shape index (κ3) is 1.28. The molecule has 0 aromatic heterocycles. The van der Waals surface area contributed by atoms with E-state index < -0.39 is 0 Å². The summed E-state index contributed by atoms with van der Waals surface area (Å²) in [6.07, 6.45) is 12.9. The molecule has 0 heterocycles. The van der Waals surface area contributed by atoms with Crippen LogP contribution in [0.15, 0.2) is 23.8 Å². The van der Waals surface area contributed by atoms with E-state index in [0.29, 0.717) is 11.3 Å². The molecule has 4 fully saturated rings. The normalized spacial score (nSPS) is 58.3. The molecule has 2 heteroatoms. The molecule has 22 heavy (non-hydrogen) atoms. The van der Waals surface area contributed by atoms with E-state index in [9.17, 15) is 9.90 Å². The fraction of sp³-hybridized carbons (Fsp3) is 0.750. The molecule has 118 valence electrons. The molecule has 0 aromatic carbocycles. The highest BCUT2D eigenvalue weighted by Crippen LogP contribution is 2.82. The molecule has 5 aliphatic carbocycles. The predicted molar refractivity (Wildman–Crippen MR) is 85.1 cm³/mol. The smallest absolute Gasteiger partial charge is 0.178 e. The van der Waals surface area contributed by atoms with Crippen LogP contribution in [0.25, 0.3) is 0 Å². The van der Waals surface area contributed by atoms with Gasteiger partial charge in [0.1, 0.15) is 0 Å². The monoisotopic (exact) mass is 298 g/mol. The lowest BCUT2D eigenvalue weighted by Crippen LogP contribution is -2.53. The molecule has 2 unspecified atom stereocenters. The summed E-state index contributed by atoms with van der Waals surface area (Å²) in [4.78, 5) is 11.8. The summed E-state index contributed by atoms with van der Waals surface area (Å²) in [7, 11) is 0. The van der Waals surface area contributed by atoms with Gasteiger partial charge in [-0.1, -0.05) is 25.5 Å². The molecule has 4 saturated carbocycles. The number of rotatable bonds is 0. The fourth-order valence-electron chi connectivity index (χ4n) is 7.40. The van der Waals surface area contributed by atoms with Gasteiger partial charge in [-0.05, 0) is 79.3 Å². The van der Waals surface area contributed by atoms with Crippen molar-refractivity contribution in [1.82, 2.24) is 0 Å². The number of aliphatic hydroxyl groups excluding tert-OH is 1. The van der Waals surface area contributed by atoms with Crippen molar-refractivity contribution in [3.05, 3.63) is 23.8 Å². The summed E-state index contributed by atoms with van der Waals surface area (Å²) in [5, 5.41) is 10.6. The van der Waals surface area contributed by atoms with Gasteiger partial charge in [-0.25, -0.2) is 0 Å². The number of hydrogen-bond acceptors (Lipinski definition) is 2. The van der Waals surface area contributed by atoms with Crippen LogP contribution in [-0.2, 0) is 4.79 Å². The summed E-state index contributed by atoms with van der Waals surface area (Å²) in [6, 6.07) is 0. The number of ketones is 1. The van der Waals surface area contributed by atoms with E-state index in [1.165, 1.54) is 24.8 Å². The quantitative estimate of drug-likeness (QED) is 0.741. The summed E-state index contributed by atoms with van der Waals surface area (Å²) in [6.45, 7) is 4.73. The minimum Gasteiger partial charge on any atom is -0.393 e. The summed E-state index contributed by atoms with van der Waals surface area (Å²) in [5.41, 5.74) is 2.04. The highest BCUT2D eigenvalue weighted by Gasteiger charge is 2.77. The standard InChI is InChI=1S/C20H26O2/c1-18-7-5-14(21)9-12(18)3-4-16-15(18)6-8-19(2)17(22)10-13-11-20(13,16)19/h5,7,9,13,15-17,22H,3-4,6,8,10-11H2,1-2H3/t13-,15?,16?,17-,18-,19+,20+/m0/s1. The van der Waals surface area contributed by atoms with Crippen molar-refractivity contribution in [3.8, 4) is 0 Å². The van der Waals surface area contributed by atoms with Gasteiger partial charge in [-0.15, -0.1) is 0 Å². The minimum atomic E-state index is -0.0829. The van der Waals surface area contributed by atoms with Gasteiger partial charge in [0.2, 0.25) is 0 Å². The topological polar surface area (TPSA) is 37.3 Å². The second-order valence-corrected chi connectivity index (χ2v) is 9.09. The van der Waals surface area contributed by atoms with E-state index in [0.717, 1.165) is 31.1 Å². The molecule has 0 aromatic rings. The maximum Gasteiger partial charge on any atom is 0.178 e. The second kappa shape index (κ2) is 3.77. The van der Waals surface area contributed by atoms with Crippen molar-refractivity contribution in [2.24, 2.45) is 34.0 Å². The van der Waals surface area contributed by atoms with Crippen LogP contribution >= 0.6 is 0 Å². The SMILES string of the molecule is C[C@]12C=CC(=O)C=C1CCC1C2CC[C@]2(C)[C@@H](O)C[C@H]3C[C@]132. The fourth-order valence-corrected chi connectivity index (χ4v) is 7.40. The van der Waals surface area contributed by atoms with Crippen LogP contribution in [0.2, 0.25) is 0 Å². The van der Waals surface area contributed by atoms with Gasteiger partial charge < -0.3 is 5.11 Å². The third-order valence-corrected chi connectivity index (χ3v) is 8.68. The van der Waals surface area contributed by atoms with Crippen LogP contribution in [0.3, 0.4) is 0 Å². The molecular weight excluding hydrogens is 272 g/mol. The Morgan fingerprint density at radius 2 is 2.05 bits per heavy atom. The van der Waals surface area contributed by atoms with Crippen LogP contribution in [-0.4, -0.2) is 17.0 Å². The molecule has 0 aliphatic heterocycles. The Bertz CT molecular complexity index is 632. The highest BCUT2D eigenvalue weighted by molar-refractivity contribution is 6.01. The predicted octanol–water partition coefficient (Wildman–Crippen LogP) is 3.66. The molecule has 1 spiro atoms. The first-order chi connectivity index (χ1) is 10.4. The van der Waals surface area contributed by atoms with Gasteiger partial charge in [0.05, 0.1) is 6.10 Å². The number of aliphatic hydroxyl groups is 1. The first-order valence-electron chi connectivity index (χ1n) is 9.04. The lowest BCUT2D eigenvalue weighted by Gasteiger charge is -2.58. The summed E-state index contributed by atoms with van der Waals surface area (Å²) in [5.74, 6) is 2.35. The Hall–Kier alpha value is -0.890. The maximum atomic E-state index is 11.8. The number of fused-ring (bicyclic) bond motifs is 3. The van der Waals surface area contributed by atoms with Crippen LogP contribution in [0.1, 0.15) is 52.4 Å². The van der Waals surface area contributed by atoms with E-state index in [1.54, 1.807) is 6.08 Å². The Morgan fingerprint density at radius 3 is 2.86 bits per heavy atom. The van der Waals surface area contributed by atoms with Crippen molar-refractivity contribution in [3.63, 3.8) is 0 Å². The molecule has 0 saturated heterocycles. The van der Waals surface area contributed by atoms with E-state index in [-0.39, 0.29) is 22.7 Å². The molecule has 0 amide bonds. The lowest BCUT2D eigenvalue weighted by molar-refractivity contribution is -0.111. The van der Waals surface area contributed by atoms with Gasteiger partial charge in [0.25, 0.3) is 0 Å². The molecule has 0 radical (unpaired) electrons. The number of carbonyl (C=O) groups is 1. The maximum absolute atomic E-state index is 11.8. The van der Waals surface area contributed by atoms with E-state index in [2.05, 4.69) is 19.9 Å². The zero-order chi connectivity index (χ0) is 15.3. The largest absolute Gasteiger partial charge is 0.393 e. The van der Waals surface area contributed by atoms with Crippen LogP contribution in [0.5, 0.6) is 0 Å². The van der Waals surface area contributed by atoms with Gasteiger partial charge in [-0.3, -0.25) is 4.79 Å². The Labute approximate surface area is 132 Å². The number of allylic oxidation sites excluding steroid dienone is 4. The van der Waals surface area contributed by atoms with Gasteiger partial charge >= 0.3 is 0 Å². The average Bonchev–Trinajstić information content (AvgIpc) is 3.13. The molecule has 5 rings (SSSR count). The molecule has 5 aliphatic rings. The molecular formula is C20H26O2. The summed E-state index contributed by atoms with van der Waals surface area (Å²) < 4.78 is 0. The Kier molecular flexibility index (Phi) is 2.32. The minimum absolute atomic E-state index is 0.0829. The van der Waals surface area contributed by atoms with Gasteiger partial charge in [0, 0.05) is 5.41 Å². The van der Waals surface area contributed by atoms with Crippen molar-refractivity contribution >= 4 is 5.78 Å². The second-order valence-electron chi connectivity index (χ2n) is 9.09. The van der Waals surface area contributed by atoms with E-state index in [1.807, 2.05) is 6.08 Å².